The predicted octanol–water partition coefficient (Wildman–Crippen LogP) is 0.866. The molecule has 15 heavy (non-hydrogen) atoms. The van der Waals surface area contributed by atoms with E-state index in [4.69, 9.17) is 0 Å². The maximum absolute atomic E-state index is 12.1. The summed E-state index contributed by atoms with van der Waals surface area (Å²) in [6.45, 7) is 3.74. The summed E-state index contributed by atoms with van der Waals surface area (Å²) in [7, 11) is 0. The summed E-state index contributed by atoms with van der Waals surface area (Å²) in [5, 5.41) is 10.5. The first-order valence-corrected chi connectivity index (χ1v) is 5.84. The third kappa shape index (κ3) is 2.00. The standard InChI is InChI=1S/C9H14N4OS/c1-2-9(3-4-10-6-9)8(14)12-7-5-11-13-15-7/h5,10H,2-4,6H2,1H3,(H,12,14). The molecule has 1 unspecified atom stereocenters. The molecule has 1 fully saturated rings. The van der Waals surface area contributed by atoms with E-state index in [1.165, 1.54) is 11.5 Å². The van der Waals surface area contributed by atoms with Crippen LogP contribution in [0.5, 0.6) is 0 Å². The molecule has 6 heteroatoms. The van der Waals surface area contributed by atoms with Gasteiger partial charge in [-0.1, -0.05) is 11.4 Å². The van der Waals surface area contributed by atoms with Crippen LogP contribution < -0.4 is 10.6 Å². The van der Waals surface area contributed by atoms with Gasteiger partial charge in [-0.15, -0.1) is 5.10 Å². The fourth-order valence-electron chi connectivity index (χ4n) is 1.87. The molecule has 0 spiro atoms. The van der Waals surface area contributed by atoms with E-state index in [1.807, 2.05) is 0 Å². The van der Waals surface area contributed by atoms with E-state index in [-0.39, 0.29) is 11.3 Å². The molecule has 0 aromatic carbocycles. The lowest BCUT2D eigenvalue weighted by atomic mass is 9.83. The van der Waals surface area contributed by atoms with Crippen molar-refractivity contribution in [3.8, 4) is 0 Å². The average molecular weight is 226 g/mol. The smallest absolute Gasteiger partial charge is 0.232 e. The summed E-state index contributed by atoms with van der Waals surface area (Å²) < 4.78 is 3.71. The van der Waals surface area contributed by atoms with Crippen molar-refractivity contribution in [1.82, 2.24) is 14.9 Å². The Morgan fingerprint density at radius 3 is 3.20 bits per heavy atom. The van der Waals surface area contributed by atoms with Gasteiger partial charge in [-0.25, -0.2) is 0 Å². The molecular formula is C9H14N4OS. The SMILES string of the molecule is CCC1(C(=O)Nc2cnns2)CCNC1. The summed E-state index contributed by atoms with van der Waals surface area (Å²) in [6.07, 6.45) is 3.34. The molecule has 0 bridgehead atoms. The number of hydrogen-bond acceptors (Lipinski definition) is 5. The first-order valence-electron chi connectivity index (χ1n) is 5.06. The zero-order chi connectivity index (χ0) is 10.7. The number of amides is 1. The monoisotopic (exact) mass is 226 g/mol. The quantitative estimate of drug-likeness (QED) is 0.802. The number of rotatable bonds is 3. The number of nitrogens with zero attached hydrogens (tertiary/aromatic N) is 2. The zero-order valence-corrected chi connectivity index (χ0v) is 9.43. The topological polar surface area (TPSA) is 66.9 Å². The number of anilines is 1. The van der Waals surface area contributed by atoms with E-state index < -0.39 is 0 Å². The van der Waals surface area contributed by atoms with Crippen LogP contribution in [0, 0.1) is 5.41 Å². The fraction of sp³-hybridized carbons (Fsp3) is 0.667. The molecule has 0 radical (unpaired) electrons. The Kier molecular flexibility index (Phi) is 2.97. The van der Waals surface area contributed by atoms with E-state index in [9.17, 15) is 4.79 Å². The molecule has 0 aliphatic carbocycles. The molecule has 1 aliphatic heterocycles. The molecule has 2 heterocycles. The van der Waals surface area contributed by atoms with Gasteiger partial charge < -0.3 is 10.6 Å². The van der Waals surface area contributed by atoms with E-state index in [0.29, 0.717) is 0 Å². The van der Waals surface area contributed by atoms with Gasteiger partial charge in [0.15, 0.2) is 0 Å². The second-order valence-corrected chi connectivity index (χ2v) is 4.58. The summed E-state index contributed by atoms with van der Waals surface area (Å²) in [5.74, 6) is 0.0843. The Labute approximate surface area is 92.4 Å². The lowest BCUT2D eigenvalue weighted by Gasteiger charge is -2.24. The Bertz CT molecular complexity index is 332. The molecule has 1 aliphatic rings. The fourth-order valence-corrected chi connectivity index (χ4v) is 2.28. The van der Waals surface area contributed by atoms with Crippen molar-refractivity contribution in [2.45, 2.75) is 19.8 Å². The minimum atomic E-state index is -0.246. The van der Waals surface area contributed by atoms with Gasteiger partial charge >= 0.3 is 0 Å². The molecule has 1 amide bonds. The minimum Gasteiger partial charge on any atom is -0.316 e. The van der Waals surface area contributed by atoms with Gasteiger partial charge in [-0.3, -0.25) is 4.79 Å². The number of carbonyl (C=O) groups is 1. The highest BCUT2D eigenvalue weighted by atomic mass is 32.1. The van der Waals surface area contributed by atoms with Crippen LogP contribution in [0.15, 0.2) is 6.20 Å². The minimum absolute atomic E-state index is 0.0843. The van der Waals surface area contributed by atoms with Crippen LogP contribution in [0.3, 0.4) is 0 Å². The van der Waals surface area contributed by atoms with E-state index >= 15 is 0 Å². The van der Waals surface area contributed by atoms with Crippen molar-refractivity contribution in [3.05, 3.63) is 6.20 Å². The molecular weight excluding hydrogens is 212 g/mol. The maximum Gasteiger partial charge on any atom is 0.232 e. The predicted molar refractivity (Wildman–Crippen MR) is 58.7 cm³/mol. The Hall–Kier alpha value is -1.01. The highest BCUT2D eigenvalue weighted by Crippen LogP contribution is 2.31. The normalized spacial score (nSPS) is 25.4. The molecule has 0 saturated carbocycles. The van der Waals surface area contributed by atoms with Crippen molar-refractivity contribution in [3.63, 3.8) is 0 Å². The van der Waals surface area contributed by atoms with Crippen molar-refractivity contribution in [2.75, 3.05) is 18.4 Å². The molecule has 2 rings (SSSR count). The lowest BCUT2D eigenvalue weighted by Crippen LogP contribution is -2.37. The van der Waals surface area contributed by atoms with Crippen molar-refractivity contribution in [1.29, 1.82) is 0 Å². The maximum atomic E-state index is 12.1. The largest absolute Gasteiger partial charge is 0.316 e. The summed E-state index contributed by atoms with van der Waals surface area (Å²) in [5.41, 5.74) is -0.246. The van der Waals surface area contributed by atoms with Crippen molar-refractivity contribution in [2.24, 2.45) is 5.41 Å². The number of carbonyl (C=O) groups excluding carboxylic acids is 1. The highest BCUT2D eigenvalue weighted by molar-refractivity contribution is 7.10. The van der Waals surface area contributed by atoms with Gasteiger partial charge in [-0.2, -0.15) is 0 Å². The second-order valence-electron chi connectivity index (χ2n) is 3.80. The first-order chi connectivity index (χ1) is 7.27. The molecule has 2 N–H and O–H groups in total. The highest BCUT2D eigenvalue weighted by Gasteiger charge is 2.39. The van der Waals surface area contributed by atoms with E-state index in [2.05, 4.69) is 27.1 Å². The average Bonchev–Trinajstić information content (AvgIpc) is 2.87. The summed E-state index contributed by atoms with van der Waals surface area (Å²) >= 11 is 1.21. The second kappa shape index (κ2) is 4.24. The first kappa shape index (κ1) is 10.5. The van der Waals surface area contributed by atoms with Crippen LogP contribution in [0.4, 0.5) is 5.00 Å². The molecule has 1 atom stereocenters. The zero-order valence-electron chi connectivity index (χ0n) is 8.62. The van der Waals surface area contributed by atoms with Crippen LogP contribution >= 0.6 is 11.5 Å². The molecule has 5 nitrogen and oxygen atoms in total. The van der Waals surface area contributed by atoms with Crippen molar-refractivity contribution >= 4 is 22.4 Å². The Balaban J connectivity index is 2.06. The number of aromatic nitrogens is 2. The number of nitrogens with one attached hydrogen (secondary N) is 2. The Morgan fingerprint density at radius 1 is 1.80 bits per heavy atom. The molecule has 1 aromatic heterocycles. The molecule has 1 aromatic rings. The van der Waals surface area contributed by atoms with Crippen LogP contribution in [-0.4, -0.2) is 28.6 Å². The van der Waals surface area contributed by atoms with E-state index in [1.54, 1.807) is 6.20 Å². The number of hydrogen-bond donors (Lipinski definition) is 2. The van der Waals surface area contributed by atoms with E-state index in [0.717, 1.165) is 30.9 Å². The van der Waals surface area contributed by atoms with Crippen LogP contribution in [0.1, 0.15) is 19.8 Å². The molecule has 1 saturated heterocycles. The third-order valence-corrected chi connectivity index (χ3v) is 3.58. The third-order valence-electron chi connectivity index (χ3n) is 3.00. The van der Waals surface area contributed by atoms with Gasteiger partial charge in [0.1, 0.15) is 5.00 Å². The van der Waals surface area contributed by atoms with Crippen molar-refractivity contribution < 1.29 is 4.79 Å². The van der Waals surface area contributed by atoms with Gasteiger partial charge in [0.05, 0.1) is 11.6 Å². The molecule has 82 valence electrons. The van der Waals surface area contributed by atoms with Gasteiger partial charge in [0, 0.05) is 18.1 Å². The van der Waals surface area contributed by atoms with Crippen LogP contribution in [0.25, 0.3) is 0 Å². The summed E-state index contributed by atoms with van der Waals surface area (Å²) in [4.78, 5) is 12.1. The summed E-state index contributed by atoms with van der Waals surface area (Å²) in [6, 6.07) is 0. The van der Waals surface area contributed by atoms with Crippen LogP contribution in [0.2, 0.25) is 0 Å². The van der Waals surface area contributed by atoms with Gasteiger partial charge in [0.25, 0.3) is 0 Å². The van der Waals surface area contributed by atoms with Gasteiger partial charge in [-0.05, 0) is 19.4 Å². The van der Waals surface area contributed by atoms with Crippen LogP contribution in [-0.2, 0) is 4.79 Å². The van der Waals surface area contributed by atoms with Gasteiger partial charge in [0.2, 0.25) is 5.91 Å². The Morgan fingerprint density at radius 2 is 2.67 bits per heavy atom. The lowest BCUT2D eigenvalue weighted by molar-refractivity contribution is -0.124.